The highest BCUT2D eigenvalue weighted by molar-refractivity contribution is 5.81. The van der Waals surface area contributed by atoms with E-state index in [0.717, 1.165) is 11.3 Å². The van der Waals surface area contributed by atoms with Crippen LogP contribution in [0.2, 0.25) is 0 Å². The first-order valence-corrected chi connectivity index (χ1v) is 5.96. The zero-order valence-electron chi connectivity index (χ0n) is 11.1. The van der Waals surface area contributed by atoms with Gasteiger partial charge in [0.25, 0.3) is 5.91 Å². The summed E-state index contributed by atoms with van der Waals surface area (Å²) in [4.78, 5) is 13.6. The van der Waals surface area contributed by atoms with E-state index in [1.165, 1.54) is 0 Å². The quantitative estimate of drug-likeness (QED) is 0.448. The third-order valence-corrected chi connectivity index (χ3v) is 2.98. The number of hydrazine groups is 1. The fraction of sp³-hybridized carbons (Fsp3) is 0.462. The summed E-state index contributed by atoms with van der Waals surface area (Å²) in [6.45, 7) is 2.59. The number of hydrogen-bond donors (Lipinski definition) is 2. The molecule has 0 fully saturated rings. The molecule has 1 amide bonds. The van der Waals surface area contributed by atoms with Crippen molar-refractivity contribution in [3.8, 4) is 5.75 Å². The molecule has 0 aromatic heterocycles. The Balaban J connectivity index is 2.79. The molecule has 5 heteroatoms. The lowest BCUT2D eigenvalue weighted by atomic mass is 10.1. The molecule has 1 aromatic rings. The second kappa shape index (κ2) is 6.98. The second-order valence-electron chi connectivity index (χ2n) is 4.16. The molecule has 0 saturated carbocycles. The van der Waals surface area contributed by atoms with E-state index in [9.17, 15) is 4.79 Å². The van der Waals surface area contributed by atoms with Crippen molar-refractivity contribution in [1.29, 1.82) is 0 Å². The van der Waals surface area contributed by atoms with Gasteiger partial charge < -0.3 is 4.74 Å². The average Bonchev–Trinajstić information content (AvgIpc) is 2.39. The van der Waals surface area contributed by atoms with E-state index in [4.69, 9.17) is 10.6 Å². The van der Waals surface area contributed by atoms with E-state index in [-0.39, 0.29) is 11.9 Å². The van der Waals surface area contributed by atoms with Gasteiger partial charge in [-0.1, -0.05) is 25.1 Å². The Morgan fingerprint density at radius 2 is 2.17 bits per heavy atom. The van der Waals surface area contributed by atoms with Gasteiger partial charge in [0.2, 0.25) is 0 Å². The Kier molecular flexibility index (Phi) is 5.61. The van der Waals surface area contributed by atoms with Crippen LogP contribution in [0.5, 0.6) is 5.75 Å². The van der Waals surface area contributed by atoms with Crippen LogP contribution in [0.25, 0.3) is 0 Å². The fourth-order valence-corrected chi connectivity index (χ4v) is 2.01. The standard InChI is InChI=1S/C13H21N3O2/c1-4-11(13(17)15-14)16(2)9-10-7-5-6-8-12(10)18-3/h5-8,11H,4,9,14H2,1-3H3,(H,15,17). The summed E-state index contributed by atoms with van der Waals surface area (Å²) in [5.74, 6) is 5.84. The van der Waals surface area contributed by atoms with Crippen LogP contribution < -0.4 is 16.0 Å². The number of hydrogen-bond acceptors (Lipinski definition) is 4. The largest absolute Gasteiger partial charge is 0.496 e. The van der Waals surface area contributed by atoms with Crippen LogP contribution in [0.1, 0.15) is 18.9 Å². The summed E-state index contributed by atoms with van der Waals surface area (Å²) >= 11 is 0. The molecule has 5 nitrogen and oxygen atoms in total. The molecule has 3 N–H and O–H groups in total. The number of nitrogens with zero attached hydrogens (tertiary/aromatic N) is 1. The number of nitrogens with one attached hydrogen (secondary N) is 1. The molecule has 1 rings (SSSR count). The number of ether oxygens (including phenoxy) is 1. The van der Waals surface area contributed by atoms with E-state index < -0.39 is 0 Å². The predicted molar refractivity (Wildman–Crippen MR) is 70.9 cm³/mol. The van der Waals surface area contributed by atoms with Crippen molar-refractivity contribution in [1.82, 2.24) is 10.3 Å². The molecule has 1 aromatic carbocycles. The van der Waals surface area contributed by atoms with Crippen molar-refractivity contribution >= 4 is 5.91 Å². The van der Waals surface area contributed by atoms with Gasteiger partial charge in [-0.2, -0.15) is 0 Å². The summed E-state index contributed by atoms with van der Waals surface area (Å²) in [6.07, 6.45) is 0.703. The summed E-state index contributed by atoms with van der Waals surface area (Å²) in [5.41, 5.74) is 3.25. The SMILES string of the molecule is CCC(C(=O)NN)N(C)Cc1ccccc1OC. The zero-order valence-corrected chi connectivity index (χ0v) is 11.1. The number of methoxy groups -OCH3 is 1. The van der Waals surface area contributed by atoms with Crippen molar-refractivity contribution in [2.45, 2.75) is 25.9 Å². The number of nitrogens with two attached hydrogens (primary N) is 1. The molecule has 0 aliphatic carbocycles. The predicted octanol–water partition coefficient (Wildman–Crippen LogP) is 0.896. The summed E-state index contributed by atoms with van der Waals surface area (Å²) in [6, 6.07) is 7.54. The van der Waals surface area contributed by atoms with Crippen LogP contribution in [-0.4, -0.2) is 31.0 Å². The Morgan fingerprint density at radius 3 is 2.72 bits per heavy atom. The second-order valence-corrected chi connectivity index (χ2v) is 4.16. The summed E-state index contributed by atoms with van der Waals surface area (Å²) in [5, 5.41) is 0. The number of para-hydroxylation sites is 1. The number of amides is 1. The van der Waals surface area contributed by atoms with Gasteiger partial charge in [0.05, 0.1) is 13.2 Å². The summed E-state index contributed by atoms with van der Waals surface area (Å²) < 4.78 is 5.29. The highest BCUT2D eigenvalue weighted by Crippen LogP contribution is 2.20. The number of benzene rings is 1. The molecule has 0 aliphatic heterocycles. The maximum atomic E-state index is 11.6. The van der Waals surface area contributed by atoms with Gasteiger partial charge in [-0.05, 0) is 19.5 Å². The van der Waals surface area contributed by atoms with Crippen LogP contribution in [0, 0.1) is 0 Å². The smallest absolute Gasteiger partial charge is 0.251 e. The van der Waals surface area contributed by atoms with Gasteiger partial charge in [0.15, 0.2) is 0 Å². The van der Waals surface area contributed by atoms with E-state index in [1.54, 1.807) is 7.11 Å². The zero-order chi connectivity index (χ0) is 13.5. The minimum Gasteiger partial charge on any atom is -0.496 e. The minimum absolute atomic E-state index is 0.171. The molecule has 100 valence electrons. The van der Waals surface area contributed by atoms with E-state index in [0.29, 0.717) is 13.0 Å². The first kappa shape index (κ1) is 14.5. The van der Waals surface area contributed by atoms with Crippen LogP contribution in [0.3, 0.4) is 0 Å². The first-order chi connectivity index (χ1) is 8.63. The Bertz CT molecular complexity index is 396. The van der Waals surface area contributed by atoms with E-state index >= 15 is 0 Å². The lowest BCUT2D eigenvalue weighted by Gasteiger charge is -2.26. The van der Waals surface area contributed by atoms with E-state index in [1.807, 2.05) is 43.1 Å². The highest BCUT2D eigenvalue weighted by atomic mass is 16.5. The van der Waals surface area contributed by atoms with E-state index in [2.05, 4.69) is 5.43 Å². The van der Waals surface area contributed by atoms with Crippen LogP contribution >= 0.6 is 0 Å². The van der Waals surface area contributed by atoms with Crippen LogP contribution in [-0.2, 0) is 11.3 Å². The van der Waals surface area contributed by atoms with Crippen molar-refractivity contribution in [3.63, 3.8) is 0 Å². The normalized spacial score (nSPS) is 12.3. The molecular formula is C13H21N3O2. The molecule has 0 aliphatic rings. The minimum atomic E-state index is -0.236. The monoisotopic (exact) mass is 251 g/mol. The van der Waals surface area contributed by atoms with Gasteiger partial charge in [-0.25, -0.2) is 5.84 Å². The van der Waals surface area contributed by atoms with Gasteiger partial charge >= 0.3 is 0 Å². The highest BCUT2D eigenvalue weighted by Gasteiger charge is 2.21. The van der Waals surface area contributed by atoms with Gasteiger partial charge in [-0.15, -0.1) is 0 Å². The van der Waals surface area contributed by atoms with Crippen LogP contribution in [0.15, 0.2) is 24.3 Å². The van der Waals surface area contributed by atoms with Crippen molar-refractivity contribution in [2.75, 3.05) is 14.2 Å². The maximum Gasteiger partial charge on any atom is 0.251 e. The average molecular weight is 251 g/mol. The van der Waals surface area contributed by atoms with Crippen molar-refractivity contribution in [2.24, 2.45) is 5.84 Å². The lowest BCUT2D eigenvalue weighted by Crippen LogP contribution is -2.47. The number of likely N-dealkylation sites (N-methyl/N-ethyl adjacent to an activating group) is 1. The molecule has 0 spiro atoms. The number of carbonyl (C=O) groups excluding carboxylic acids is 1. The van der Waals surface area contributed by atoms with Crippen molar-refractivity contribution in [3.05, 3.63) is 29.8 Å². The third-order valence-electron chi connectivity index (χ3n) is 2.98. The topological polar surface area (TPSA) is 67.6 Å². The Hall–Kier alpha value is -1.59. The number of rotatable bonds is 6. The van der Waals surface area contributed by atoms with Gasteiger partial charge in [0.1, 0.15) is 5.75 Å². The molecule has 0 heterocycles. The Morgan fingerprint density at radius 1 is 1.50 bits per heavy atom. The third kappa shape index (κ3) is 3.45. The lowest BCUT2D eigenvalue weighted by molar-refractivity contribution is -0.126. The molecular weight excluding hydrogens is 230 g/mol. The summed E-state index contributed by atoms with van der Waals surface area (Å²) in [7, 11) is 3.54. The molecule has 18 heavy (non-hydrogen) atoms. The molecule has 0 bridgehead atoms. The molecule has 1 atom stereocenters. The van der Waals surface area contributed by atoms with Crippen molar-refractivity contribution < 1.29 is 9.53 Å². The fourth-order valence-electron chi connectivity index (χ4n) is 2.01. The van der Waals surface area contributed by atoms with Gasteiger partial charge in [-0.3, -0.25) is 15.1 Å². The van der Waals surface area contributed by atoms with Gasteiger partial charge in [0, 0.05) is 12.1 Å². The maximum absolute atomic E-state index is 11.6. The molecule has 1 unspecified atom stereocenters. The molecule has 0 radical (unpaired) electrons. The number of carbonyl (C=O) groups is 1. The first-order valence-electron chi connectivity index (χ1n) is 5.96. The molecule has 0 saturated heterocycles. The Labute approximate surface area is 108 Å². The van der Waals surface area contributed by atoms with Crippen LogP contribution in [0.4, 0.5) is 0 Å².